The second kappa shape index (κ2) is 6.37. The van der Waals surface area contributed by atoms with Crippen molar-refractivity contribution in [3.8, 4) is 5.75 Å². The van der Waals surface area contributed by atoms with Crippen LogP contribution < -0.4 is 5.09 Å². The fraction of sp³-hybridized carbons (Fsp3) is 0.143. The maximum atomic E-state index is 12.3. The third kappa shape index (κ3) is 4.53. The Morgan fingerprint density at radius 3 is 2.30 bits per heavy atom. The zero-order valence-corrected chi connectivity index (χ0v) is 12.6. The lowest BCUT2D eigenvalue weighted by molar-refractivity contribution is -0.128. The van der Waals surface area contributed by atoms with E-state index in [-0.39, 0.29) is 17.9 Å². The van der Waals surface area contributed by atoms with Gasteiger partial charge in [-0.15, -0.1) is 0 Å². The van der Waals surface area contributed by atoms with Crippen LogP contribution >= 0.6 is 7.75 Å². The van der Waals surface area contributed by atoms with Crippen LogP contribution in [0.2, 0.25) is 0 Å². The highest BCUT2D eigenvalue weighted by atomic mass is 31.2. The van der Waals surface area contributed by atoms with Crippen molar-refractivity contribution in [1.82, 2.24) is 5.09 Å². The molecule has 0 spiro atoms. The fourth-order valence-corrected chi connectivity index (χ4v) is 2.71. The molecule has 0 saturated heterocycles. The highest BCUT2D eigenvalue weighted by Gasteiger charge is 2.34. The van der Waals surface area contributed by atoms with E-state index < -0.39 is 31.0 Å². The van der Waals surface area contributed by atoms with Crippen molar-refractivity contribution in [2.45, 2.75) is 6.42 Å². The molecule has 1 aromatic carbocycles. The van der Waals surface area contributed by atoms with Gasteiger partial charge < -0.3 is 20.0 Å². The van der Waals surface area contributed by atoms with Gasteiger partial charge in [0.05, 0.1) is 0 Å². The highest BCUT2D eigenvalue weighted by Crippen LogP contribution is 2.34. The summed E-state index contributed by atoms with van der Waals surface area (Å²) >= 11 is 0. The van der Waals surface area contributed by atoms with Crippen LogP contribution in [0.4, 0.5) is 0 Å². The second-order valence-corrected chi connectivity index (χ2v) is 6.28. The zero-order valence-electron chi connectivity index (χ0n) is 11.7. The Morgan fingerprint density at radius 2 is 1.74 bits per heavy atom. The molecule has 0 heterocycles. The van der Waals surface area contributed by atoms with Gasteiger partial charge in [0, 0.05) is 24.3 Å². The SMILES string of the molecule is O=C1C=C(O)C=C(NP(=O)(O)O)C1C(=O)Cc1ccc(O)cc1. The van der Waals surface area contributed by atoms with E-state index in [1.807, 2.05) is 0 Å². The molecule has 1 aliphatic rings. The third-order valence-corrected chi connectivity index (χ3v) is 3.65. The lowest BCUT2D eigenvalue weighted by Crippen LogP contribution is -2.33. The Bertz CT molecular complexity index is 745. The molecule has 1 unspecified atom stereocenters. The Hall–Kier alpha value is -2.41. The van der Waals surface area contributed by atoms with E-state index in [9.17, 15) is 24.4 Å². The molecular formula is C14H14NO7P. The fourth-order valence-electron chi connectivity index (χ4n) is 2.18. The summed E-state index contributed by atoms with van der Waals surface area (Å²) in [5.74, 6) is -3.29. The van der Waals surface area contributed by atoms with Crippen LogP contribution in [0.25, 0.3) is 0 Å². The number of allylic oxidation sites excluding steroid dienone is 3. The Morgan fingerprint density at radius 1 is 1.13 bits per heavy atom. The van der Waals surface area contributed by atoms with Crippen LogP contribution in [0.3, 0.4) is 0 Å². The predicted molar refractivity (Wildman–Crippen MR) is 79.3 cm³/mol. The molecule has 0 aliphatic heterocycles. The Kier molecular flexibility index (Phi) is 4.70. The van der Waals surface area contributed by atoms with Crippen molar-refractivity contribution in [3.63, 3.8) is 0 Å². The number of ketones is 2. The number of benzene rings is 1. The maximum Gasteiger partial charge on any atom is 0.427 e. The van der Waals surface area contributed by atoms with Crippen molar-refractivity contribution < 1.29 is 34.2 Å². The summed E-state index contributed by atoms with van der Waals surface area (Å²) in [5.41, 5.74) is 0.169. The van der Waals surface area contributed by atoms with Gasteiger partial charge in [-0.2, -0.15) is 0 Å². The number of carbonyl (C=O) groups is 2. The molecular weight excluding hydrogens is 325 g/mol. The first-order valence-corrected chi connectivity index (χ1v) is 8.07. The van der Waals surface area contributed by atoms with Gasteiger partial charge in [-0.25, -0.2) is 4.57 Å². The van der Waals surface area contributed by atoms with Gasteiger partial charge in [-0.05, 0) is 17.7 Å². The second-order valence-electron chi connectivity index (χ2n) is 4.97. The molecule has 0 radical (unpaired) electrons. The molecule has 0 bridgehead atoms. The van der Waals surface area contributed by atoms with Crippen molar-refractivity contribution in [2.75, 3.05) is 0 Å². The number of hydrogen-bond acceptors (Lipinski definition) is 5. The number of Topliss-reactive ketones (excluding diaryl/α,β-unsaturated/α-hetero) is 1. The first-order valence-electron chi connectivity index (χ1n) is 6.46. The highest BCUT2D eigenvalue weighted by molar-refractivity contribution is 7.49. The largest absolute Gasteiger partial charge is 0.508 e. The van der Waals surface area contributed by atoms with Crippen LogP contribution in [0, 0.1) is 5.92 Å². The lowest BCUT2D eigenvalue weighted by Gasteiger charge is -2.22. The summed E-state index contributed by atoms with van der Waals surface area (Å²) in [6, 6.07) is 5.74. The molecule has 0 aromatic heterocycles. The molecule has 23 heavy (non-hydrogen) atoms. The standard InChI is InChI=1S/C14H14NO7P/c16-9-3-1-8(2-4-9)5-12(18)14-11(15-23(20,21)22)6-10(17)7-13(14)19/h1-4,6-7,14,16-17H,5H2,(H3,15,20,21,22). The average molecular weight is 339 g/mol. The smallest absolute Gasteiger partial charge is 0.427 e. The first-order chi connectivity index (χ1) is 10.7. The minimum atomic E-state index is -4.75. The number of phenolic OH excluding ortho intramolecular Hbond substituents is 1. The number of hydrogen-bond donors (Lipinski definition) is 5. The van der Waals surface area contributed by atoms with Crippen molar-refractivity contribution >= 4 is 19.3 Å². The van der Waals surface area contributed by atoms with Crippen LogP contribution in [0.15, 0.2) is 47.9 Å². The average Bonchev–Trinajstić information content (AvgIpc) is 2.38. The topological polar surface area (TPSA) is 144 Å². The van der Waals surface area contributed by atoms with Crippen LogP contribution in [0.5, 0.6) is 5.75 Å². The number of nitrogens with one attached hydrogen (secondary N) is 1. The van der Waals surface area contributed by atoms with Crippen molar-refractivity contribution in [3.05, 3.63) is 53.4 Å². The normalized spacial score (nSPS) is 18.2. The summed E-state index contributed by atoms with van der Waals surface area (Å²) in [5, 5.41) is 20.4. The van der Waals surface area contributed by atoms with Crippen molar-refractivity contribution in [2.24, 2.45) is 5.92 Å². The number of aliphatic hydroxyl groups is 1. The van der Waals surface area contributed by atoms with Gasteiger partial charge in [0.2, 0.25) is 0 Å². The van der Waals surface area contributed by atoms with Gasteiger partial charge >= 0.3 is 7.75 Å². The van der Waals surface area contributed by atoms with Gasteiger partial charge in [0.1, 0.15) is 17.4 Å². The molecule has 1 aromatic rings. The van der Waals surface area contributed by atoms with Crippen LogP contribution in [0.1, 0.15) is 5.56 Å². The van der Waals surface area contributed by atoms with E-state index in [0.29, 0.717) is 5.56 Å². The monoisotopic (exact) mass is 339 g/mol. The molecule has 1 atom stereocenters. The molecule has 9 heteroatoms. The Balaban J connectivity index is 2.25. The summed E-state index contributed by atoms with van der Waals surface area (Å²) in [4.78, 5) is 42.2. The molecule has 0 fully saturated rings. The van der Waals surface area contributed by atoms with E-state index in [1.54, 1.807) is 5.09 Å². The van der Waals surface area contributed by atoms with E-state index in [4.69, 9.17) is 9.79 Å². The minimum Gasteiger partial charge on any atom is -0.508 e. The summed E-state index contributed by atoms with van der Waals surface area (Å²) in [7, 11) is -4.75. The van der Waals surface area contributed by atoms with Gasteiger partial charge in [-0.1, -0.05) is 12.1 Å². The van der Waals surface area contributed by atoms with Crippen LogP contribution in [-0.2, 0) is 20.6 Å². The molecule has 8 nitrogen and oxygen atoms in total. The molecule has 1 aliphatic carbocycles. The number of rotatable bonds is 5. The molecule has 0 amide bonds. The minimum absolute atomic E-state index is 0.0200. The van der Waals surface area contributed by atoms with E-state index in [0.717, 1.165) is 12.2 Å². The molecule has 122 valence electrons. The summed E-state index contributed by atoms with van der Waals surface area (Å²) in [6.07, 6.45) is 1.58. The molecule has 2 rings (SSSR count). The van der Waals surface area contributed by atoms with Gasteiger partial charge in [0.25, 0.3) is 0 Å². The number of aromatic hydroxyl groups is 1. The number of carbonyl (C=O) groups excluding carboxylic acids is 2. The number of phenols is 1. The zero-order chi connectivity index (χ0) is 17.2. The van der Waals surface area contributed by atoms with E-state index >= 15 is 0 Å². The predicted octanol–water partition coefficient (Wildman–Crippen LogP) is 0.711. The Labute approximate surface area is 131 Å². The van der Waals surface area contributed by atoms with Gasteiger partial charge in [0.15, 0.2) is 11.6 Å². The van der Waals surface area contributed by atoms with E-state index in [1.165, 1.54) is 24.3 Å². The molecule has 5 N–H and O–H groups in total. The summed E-state index contributed by atoms with van der Waals surface area (Å²) in [6.45, 7) is 0. The molecule has 0 saturated carbocycles. The number of aliphatic hydroxyl groups excluding tert-OH is 1. The summed E-state index contributed by atoms with van der Waals surface area (Å²) < 4.78 is 11.1. The van der Waals surface area contributed by atoms with Crippen molar-refractivity contribution in [1.29, 1.82) is 0 Å². The lowest BCUT2D eigenvalue weighted by atomic mass is 9.88. The quantitative estimate of drug-likeness (QED) is 0.390. The van der Waals surface area contributed by atoms with Crippen LogP contribution in [-0.4, -0.2) is 31.6 Å². The van der Waals surface area contributed by atoms with E-state index in [2.05, 4.69) is 0 Å². The maximum absolute atomic E-state index is 12.3. The van der Waals surface area contributed by atoms with Gasteiger partial charge in [-0.3, -0.25) is 14.7 Å². The third-order valence-electron chi connectivity index (χ3n) is 3.10. The first kappa shape index (κ1) is 17.0.